The first kappa shape index (κ1) is 26.1. The highest BCUT2D eigenvalue weighted by Gasteiger charge is 2.47. The molecule has 0 bridgehead atoms. The van der Waals surface area contributed by atoms with Crippen molar-refractivity contribution < 1.29 is 9.53 Å². The van der Waals surface area contributed by atoms with Crippen molar-refractivity contribution >= 4 is 11.7 Å². The van der Waals surface area contributed by atoms with Crippen molar-refractivity contribution in [2.24, 2.45) is 0 Å². The smallest absolute Gasteiger partial charge is 0.355 e. The van der Waals surface area contributed by atoms with E-state index in [4.69, 9.17) is 4.74 Å². The van der Waals surface area contributed by atoms with Gasteiger partial charge in [-0.25, -0.2) is 4.79 Å². The van der Waals surface area contributed by atoms with Crippen molar-refractivity contribution in [1.82, 2.24) is 4.57 Å². The fraction of sp³-hybridized carbons (Fsp3) is 0.108. The Morgan fingerprint density at radius 2 is 1.29 bits per heavy atom. The molecule has 0 atom stereocenters. The maximum atomic E-state index is 14.0. The minimum atomic E-state index is -0.790. The number of rotatable bonds is 10. The third-order valence-corrected chi connectivity index (χ3v) is 7.77. The summed E-state index contributed by atoms with van der Waals surface area (Å²) in [7, 11) is 0. The van der Waals surface area contributed by atoms with Gasteiger partial charge in [0.1, 0.15) is 17.8 Å². The number of anilines is 1. The van der Waals surface area contributed by atoms with Crippen molar-refractivity contribution in [1.29, 1.82) is 0 Å². The van der Waals surface area contributed by atoms with E-state index in [-0.39, 0.29) is 12.6 Å². The lowest BCUT2D eigenvalue weighted by Crippen LogP contribution is -2.37. The monoisotopic (exact) mass is 536 g/mol. The molecule has 0 N–H and O–H groups in total. The van der Waals surface area contributed by atoms with E-state index in [1.54, 1.807) is 0 Å². The zero-order valence-corrected chi connectivity index (χ0v) is 22.9. The van der Waals surface area contributed by atoms with Crippen molar-refractivity contribution in [2.45, 2.75) is 12.1 Å². The summed E-state index contributed by atoms with van der Waals surface area (Å²) in [4.78, 5) is 16.2. The lowest BCUT2D eigenvalue weighted by Gasteiger charge is -2.36. The lowest BCUT2D eigenvalue weighted by molar-refractivity contribution is 0.0457. The van der Waals surface area contributed by atoms with Crippen molar-refractivity contribution in [3.63, 3.8) is 0 Å². The highest BCUT2D eigenvalue weighted by atomic mass is 16.5. The Balaban J connectivity index is 1.61. The highest BCUT2D eigenvalue weighted by Crippen LogP contribution is 2.54. The van der Waals surface area contributed by atoms with Crippen LogP contribution in [0, 0.1) is 0 Å². The Bertz CT molecular complexity index is 1650. The molecule has 5 aromatic rings. The molecule has 6 rings (SSSR count). The number of nitrogens with zero attached hydrogens (tertiary/aromatic N) is 2. The SMILES string of the molecule is C=CCN(CC=C)c1cc(C(=O)OCc2ccccc2)n(C2(c3ccccc3)c3ccccc3-c3ccccc32)c1. The first-order chi connectivity index (χ1) is 20.2. The predicted octanol–water partition coefficient (Wildman–Crippen LogP) is 7.84. The molecule has 0 amide bonds. The normalized spacial score (nSPS) is 12.7. The summed E-state index contributed by atoms with van der Waals surface area (Å²) in [5, 5.41) is 0. The molecule has 4 nitrogen and oxygen atoms in total. The van der Waals surface area contributed by atoms with Crippen LogP contribution in [0.15, 0.2) is 147 Å². The van der Waals surface area contributed by atoms with Crippen LogP contribution in [0.1, 0.15) is 32.7 Å². The second-order valence-electron chi connectivity index (χ2n) is 10.2. The molecule has 0 fully saturated rings. The Hall–Kier alpha value is -5.09. The number of hydrogen-bond donors (Lipinski definition) is 0. The minimum absolute atomic E-state index is 0.189. The van der Waals surface area contributed by atoms with Crippen LogP contribution in [-0.4, -0.2) is 23.6 Å². The van der Waals surface area contributed by atoms with Gasteiger partial charge < -0.3 is 14.2 Å². The van der Waals surface area contributed by atoms with Gasteiger partial charge in [-0.15, -0.1) is 13.2 Å². The zero-order valence-electron chi connectivity index (χ0n) is 22.9. The number of esters is 1. The fourth-order valence-electron chi connectivity index (χ4n) is 6.05. The summed E-state index contributed by atoms with van der Waals surface area (Å²) < 4.78 is 8.09. The van der Waals surface area contributed by atoms with Gasteiger partial charge in [0, 0.05) is 19.3 Å². The molecule has 1 aliphatic carbocycles. The van der Waals surface area contributed by atoms with Gasteiger partial charge in [0.05, 0.1) is 5.69 Å². The van der Waals surface area contributed by atoms with Crippen molar-refractivity contribution in [3.8, 4) is 11.1 Å². The van der Waals surface area contributed by atoms with E-state index in [2.05, 4.69) is 102 Å². The summed E-state index contributed by atoms with van der Waals surface area (Å²) in [6, 6.07) is 39.1. The molecule has 1 aliphatic rings. The van der Waals surface area contributed by atoms with Gasteiger partial charge in [-0.1, -0.05) is 121 Å². The maximum Gasteiger partial charge on any atom is 0.355 e. The molecule has 0 saturated carbocycles. The first-order valence-corrected chi connectivity index (χ1v) is 13.8. The molecule has 0 saturated heterocycles. The van der Waals surface area contributed by atoms with Crippen LogP contribution in [0.25, 0.3) is 11.1 Å². The topological polar surface area (TPSA) is 34.5 Å². The molecule has 0 aliphatic heterocycles. The molecule has 202 valence electrons. The number of ether oxygens (including phenoxy) is 1. The number of benzene rings is 4. The van der Waals surface area contributed by atoms with Crippen molar-refractivity contribution in [2.75, 3.05) is 18.0 Å². The van der Waals surface area contributed by atoms with Crippen LogP contribution >= 0.6 is 0 Å². The fourth-order valence-corrected chi connectivity index (χ4v) is 6.05. The summed E-state index contributed by atoms with van der Waals surface area (Å²) >= 11 is 0. The number of hydrogen-bond acceptors (Lipinski definition) is 3. The highest BCUT2D eigenvalue weighted by molar-refractivity contribution is 5.91. The van der Waals surface area contributed by atoms with E-state index in [0.29, 0.717) is 18.8 Å². The van der Waals surface area contributed by atoms with Crippen molar-refractivity contribution in [3.05, 3.63) is 175 Å². The number of aromatic nitrogens is 1. The molecule has 4 aromatic carbocycles. The van der Waals surface area contributed by atoms with Crippen LogP contribution in [0.3, 0.4) is 0 Å². The summed E-state index contributed by atoms with van der Waals surface area (Å²) in [5.74, 6) is -0.380. The van der Waals surface area contributed by atoms with E-state index < -0.39 is 5.54 Å². The Morgan fingerprint density at radius 1 is 0.756 bits per heavy atom. The largest absolute Gasteiger partial charge is 0.456 e. The molecule has 41 heavy (non-hydrogen) atoms. The molecule has 4 heteroatoms. The molecule has 0 unspecified atom stereocenters. The average molecular weight is 537 g/mol. The molecular weight excluding hydrogens is 504 g/mol. The van der Waals surface area contributed by atoms with E-state index in [1.807, 2.05) is 54.6 Å². The summed E-state index contributed by atoms with van der Waals surface area (Å²) in [6.45, 7) is 9.33. The predicted molar refractivity (Wildman–Crippen MR) is 166 cm³/mol. The standard InChI is InChI=1S/C37H32N2O2/c1-3-23-38(24-4-2)30-25-35(36(40)41-27-28-15-7-5-8-16-28)39(26-30)37(29-17-9-6-10-18-29)33-21-13-11-19-31(33)32-20-12-14-22-34(32)37/h3-22,25-26H,1-2,23-24,27H2. The third kappa shape index (κ3) is 4.48. The van der Waals surface area contributed by atoms with E-state index in [0.717, 1.165) is 39.1 Å². The van der Waals surface area contributed by atoms with Crippen LogP contribution in [0.4, 0.5) is 5.69 Å². The second kappa shape index (κ2) is 11.2. The van der Waals surface area contributed by atoms with Gasteiger partial charge in [0.15, 0.2) is 0 Å². The number of fused-ring (bicyclic) bond motifs is 3. The first-order valence-electron chi connectivity index (χ1n) is 13.8. The van der Waals surface area contributed by atoms with Gasteiger partial charge in [-0.05, 0) is 39.4 Å². The average Bonchev–Trinajstić information content (AvgIpc) is 3.59. The van der Waals surface area contributed by atoms with Gasteiger partial charge in [-0.3, -0.25) is 0 Å². The van der Waals surface area contributed by atoms with Crippen LogP contribution in [0.2, 0.25) is 0 Å². The molecule has 1 heterocycles. The minimum Gasteiger partial charge on any atom is -0.456 e. The molecular formula is C37H32N2O2. The summed E-state index contributed by atoms with van der Waals surface area (Å²) in [6.07, 6.45) is 5.81. The van der Waals surface area contributed by atoms with Gasteiger partial charge >= 0.3 is 5.97 Å². The van der Waals surface area contributed by atoms with E-state index >= 15 is 0 Å². The Kier molecular flexibility index (Phi) is 7.13. The number of carbonyl (C=O) groups excluding carboxylic acids is 1. The Morgan fingerprint density at radius 3 is 1.88 bits per heavy atom. The maximum absolute atomic E-state index is 14.0. The van der Waals surface area contributed by atoms with Crippen LogP contribution in [0.5, 0.6) is 0 Å². The number of carbonyl (C=O) groups is 1. The molecule has 0 spiro atoms. The van der Waals surface area contributed by atoms with Crippen LogP contribution in [-0.2, 0) is 16.9 Å². The van der Waals surface area contributed by atoms with Crippen LogP contribution < -0.4 is 4.90 Å². The van der Waals surface area contributed by atoms with Gasteiger partial charge in [-0.2, -0.15) is 0 Å². The lowest BCUT2D eigenvalue weighted by atomic mass is 9.80. The summed E-state index contributed by atoms with van der Waals surface area (Å²) in [5.41, 5.74) is 7.13. The zero-order chi connectivity index (χ0) is 28.2. The van der Waals surface area contributed by atoms with E-state index in [9.17, 15) is 4.79 Å². The molecule has 1 aromatic heterocycles. The van der Waals surface area contributed by atoms with Gasteiger partial charge in [0.2, 0.25) is 0 Å². The van der Waals surface area contributed by atoms with E-state index in [1.165, 1.54) is 0 Å². The molecule has 0 radical (unpaired) electrons. The van der Waals surface area contributed by atoms with Gasteiger partial charge in [0.25, 0.3) is 0 Å². The third-order valence-electron chi connectivity index (χ3n) is 7.77. The Labute approximate surface area is 241 Å². The second-order valence-corrected chi connectivity index (χ2v) is 10.2. The quantitative estimate of drug-likeness (QED) is 0.132.